The number of anilines is 1. The molecule has 3 heterocycles. The summed E-state index contributed by atoms with van der Waals surface area (Å²) in [4.78, 5) is 6.62. The Kier molecular flexibility index (Phi) is 4.17. The number of aliphatic hydroxyl groups excluding tert-OH is 1. The first-order valence-electron chi connectivity index (χ1n) is 6.60. The second-order valence-corrected chi connectivity index (χ2v) is 7.34. The molecule has 0 aromatic carbocycles. The van der Waals surface area contributed by atoms with Gasteiger partial charge in [-0.3, -0.25) is 0 Å². The molecule has 3 aromatic rings. The third-order valence-electron chi connectivity index (χ3n) is 3.29. The second kappa shape index (κ2) is 5.93. The van der Waals surface area contributed by atoms with E-state index < -0.39 is 6.10 Å². The lowest BCUT2D eigenvalue weighted by Crippen LogP contribution is -1.98. The Morgan fingerprint density at radius 1 is 1.48 bits per heavy atom. The quantitative estimate of drug-likeness (QED) is 0.659. The number of nitrogens with zero attached hydrogens (tertiary/aromatic N) is 1. The highest BCUT2D eigenvalue weighted by Gasteiger charge is 2.17. The minimum atomic E-state index is -0.492. The Balaban J connectivity index is 2.02. The molecule has 0 amide bonds. The van der Waals surface area contributed by atoms with E-state index in [1.54, 1.807) is 29.6 Å². The molecule has 3 nitrogen and oxygen atoms in total. The molecular weight excluding hydrogens is 324 g/mol. The summed E-state index contributed by atoms with van der Waals surface area (Å²) < 4.78 is 1.05. The SMILES string of the molecule is Cc1c(C(C)O)sc2c(NCc3cccs3)cc(Cl)nc12. The van der Waals surface area contributed by atoms with Crippen molar-refractivity contribution in [2.24, 2.45) is 0 Å². The van der Waals surface area contributed by atoms with E-state index in [-0.39, 0.29) is 0 Å². The molecule has 21 heavy (non-hydrogen) atoms. The summed E-state index contributed by atoms with van der Waals surface area (Å²) in [5.41, 5.74) is 2.85. The fraction of sp³-hybridized carbons (Fsp3) is 0.267. The molecule has 1 atom stereocenters. The van der Waals surface area contributed by atoms with E-state index in [1.165, 1.54) is 4.88 Å². The first kappa shape index (κ1) is 14.8. The molecule has 0 aliphatic rings. The summed E-state index contributed by atoms with van der Waals surface area (Å²) in [6.45, 7) is 4.51. The van der Waals surface area contributed by atoms with Crippen LogP contribution in [0, 0.1) is 6.92 Å². The predicted octanol–water partition coefficient (Wildman–Crippen LogP) is 4.99. The molecule has 0 bridgehead atoms. The standard InChI is InChI=1S/C15H15ClN2OS2/c1-8-13-15(21-14(8)9(2)19)11(6-12(16)18-13)17-7-10-4-3-5-20-10/h3-6,9,19H,7H2,1-2H3,(H,17,18). The number of aliphatic hydroxyl groups is 1. The Morgan fingerprint density at radius 2 is 2.29 bits per heavy atom. The number of thiophene rings is 2. The fourth-order valence-electron chi connectivity index (χ4n) is 2.29. The Labute approximate surface area is 136 Å². The van der Waals surface area contributed by atoms with E-state index in [0.29, 0.717) is 5.15 Å². The van der Waals surface area contributed by atoms with Crippen molar-refractivity contribution in [3.8, 4) is 0 Å². The predicted molar refractivity (Wildman–Crippen MR) is 91.6 cm³/mol. The average molecular weight is 339 g/mol. The third kappa shape index (κ3) is 2.92. The zero-order valence-corrected chi connectivity index (χ0v) is 14.1. The van der Waals surface area contributed by atoms with Crippen molar-refractivity contribution in [1.82, 2.24) is 4.98 Å². The number of pyridine rings is 1. The summed E-state index contributed by atoms with van der Waals surface area (Å²) in [6.07, 6.45) is -0.492. The first-order valence-corrected chi connectivity index (χ1v) is 8.67. The van der Waals surface area contributed by atoms with Crippen LogP contribution in [0.25, 0.3) is 10.2 Å². The van der Waals surface area contributed by atoms with Gasteiger partial charge in [0.05, 0.1) is 22.0 Å². The van der Waals surface area contributed by atoms with Crippen LogP contribution in [0.4, 0.5) is 5.69 Å². The maximum atomic E-state index is 9.88. The maximum Gasteiger partial charge on any atom is 0.131 e. The Morgan fingerprint density at radius 3 is 2.95 bits per heavy atom. The molecule has 0 aliphatic heterocycles. The van der Waals surface area contributed by atoms with Crippen LogP contribution >= 0.6 is 34.3 Å². The van der Waals surface area contributed by atoms with Gasteiger partial charge in [-0.05, 0) is 30.9 Å². The van der Waals surface area contributed by atoms with Gasteiger partial charge in [-0.15, -0.1) is 22.7 Å². The van der Waals surface area contributed by atoms with Crippen LogP contribution in [0.15, 0.2) is 23.6 Å². The number of nitrogens with one attached hydrogen (secondary N) is 1. The highest BCUT2D eigenvalue weighted by molar-refractivity contribution is 7.20. The van der Waals surface area contributed by atoms with Crippen molar-refractivity contribution in [3.05, 3.63) is 44.1 Å². The largest absolute Gasteiger partial charge is 0.388 e. The smallest absolute Gasteiger partial charge is 0.131 e. The van der Waals surface area contributed by atoms with Gasteiger partial charge in [-0.25, -0.2) is 4.98 Å². The number of hydrogen-bond donors (Lipinski definition) is 2. The Bertz CT molecular complexity index is 766. The average Bonchev–Trinajstić information content (AvgIpc) is 3.05. The van der Waals surface area contributed by atoms with E-state index in [0.717, 1.165) is 32.9 Å². The maximum absolute atomic E-state index is 9.88. The van der Waals surface area contributed by atoms with Crippen LogP contribution in [0.3, 0.4) is 0 Å². The van der Waals surface area contributed by atoms with Gasteiger partial charge >= 0.3 is 0 Å². The van der Waals surface area contributed by atoms with Crippen molar-refractivity contribution in [2.45, 2.75) is 26.5 Å². The molecule has 0 saturated heterocycles. The van der Waals surface area contributed by atoms with Gasteiger partial charge in [0.25, 0.3) is 0 Å². The number of fused-ring (bicyclic) bond motifs is 1. The molecule has 2 N–H and O–H groups in total. The van der Waals surface area contributed by atoms with Crippen molar-refractivity contribution >= 4 is 50.2 Å². The van der Waals surface area contributed by atoms with E-state index in [2.05, 4.69) is 21.7 Å². The zero-order chi connectivity index (χ0) is 15.0. The number of halogens is 1. The minimum absolute atomic E-state index is 0.467. The number of aryl methyl sites for hydroxylation is 1. The zero-order valence-electron chi connectivity index (χ0n) is 11.7. The van der Waals surface area contributed by atoms with E-state index in [1.807, 2.05) is 19.1 Å². The van der Waals surface area contributed by atoms with Crippen molar-refractivity contribution in [1.29, 1.82) is 0 Å². The molecule has 6 heteroatoms. The first-order chi connectivity index (χ1) is 10.1. The highest BCUT2D eigenvalue weighted by Crippen LogP contribution is 2.39. The van der Waals surface area contributed by atoms with Crippen LogP contribution in [-0.2, 0) is 6.54 Å². The van der Waals surface area contributed by atoms with Gasteiger partial charge in [-0.2, -0.15) is 0 Å². The molecule has 3 rings (SSSR count). The van der Waals surface area contributed by atoms with Gasteiger partial charge < -0.3 is 10.4 Å². The highest BCUT2D eigenvalue weighted by atomic mass is 35.5. The molecule has 0 aliphatic carbocycles. The van der Waals surface area contributed by atoms with Gasteiger partial charge in [0.15, 0.2) is 0 Å². The normalized spacial score (nSPS) is 12.8. The van der Waals surface area contributed by atoms with Crippen molar-refractivity contribution in [2.75, 3.05) is 5.32 Å². The van der Waals surface area contributed by atoms with Crippen LogP contribution in [0.1, 0.15) is 28.3 Å². The Hall–Kier alpha value is -1.14. The molecule has 0 fully saturated rings. The van der Waals surface area contributed by atoms with Gasteiger partial charge in [-0.1, -0.05) is 17.7 Å². The third-order valence-corrected chi connectivity index (χ3v) is 5.85. The van der Waals surface area contributed by atoms with Crippen LogP contribution in [-0.4, -0.2) is 10.1 Å². The number of aromatic nitrogens is 1. The number of hydrogen-bond acceptors (Lipinski definition) is 5. The number of rotatable bonds is 4. The molecule has 0 radical (unpaired) electrons. The van der Waals surface area contributed by atoms with Crippen LogP contribution in [0.5, 0.6) is 0 Å². The monoisotopic (exact) mass is 338 g/mol. The van der Waals surface area contributed by atoms with E-state index >= 15 is 0 Å². The van der Waals surface area contributed by atoms with Gasteiger partial charge in [0, 0.05) is 22.4 Å². The molecule has 110 valence electrons. The van der Waals surface area contributed by atoms with Gasteiger partial charge in [0.1, 0.15) is 5.15 Å². The molecule has 0 spiro atoms. The lowest BCUT2D eigenvalue weighted by atomic mass is 10.2. The van der Waals surface area contributed by atoms with Gasteiger partial charge in [0.2, 0.25) is 0 Å². The molecule has 1 unspecified atom stereocenters. The van der Waals surface area contributed by atoms with Crippen LogP contribution < -0.4 is 5.32 Å². The second-order valence-electron chi connectivity index (χ2n) is 4.87. The summed E-state index contributed by atoms with van der Waals surface area (Å²) in [5.74, 6) is 0. The summed E-state index contributed by atoms with van der Waals surface area (Å²) in [7, 11) is 0. The summed E-state index contributed by atoms with van der Waals surface area (Å²) in [5, 5.41) is 15.8. The lowest BCUT2D eigenvalue weighted by Gasteiger charge is -2.06. The molecule has 3 aromatic heterocycles. The van der Waals surface area contributed by atoms with Crippen molar-refractivity contribution < 1.29 is 5.11 Å². The minimum Gasteiger partial charge on any atom is -0.388 e. The summed E-state index contributed by atoms with van der Waals surface area (Å²) >= 11 is 9.43. The van der Waals surface area contributed by atoms with Crippen LogP contribution in [0.2, 0.25) is 5.15 Å². The van der Waals surface area contributed by atoms with E-state index in [4.69, 9.17) is 11.6 Å². The molecule has 0 saturated carbocycles. The molecular formula is C15H15ClN2OS2. The fourth-order valence-corrected chi connectivity index (χ4v) is 4.30. The lowest BCUT2D eigenvalue weighted by molar-refractivity contribution is 0.202. The summed E-state index contributed by atoms with van der Waals surface area (Å²) in [6, 6.07) is 5.98. The van der Waals surface area contributed by atoms with E-state index in [9.17, 15) is 5.11 Å². The topological polar surface area (TPSA) is 45.1 Å². The van der Waals surface area contributed by atoms with Crippen molar-refractivity contribution in [3.63, 3.8) is 0 Å².